The number of fused-ring (bicyclic) bond motifs is 9. The van der Waals surface area contributed by atoms with Crippen molar-refractivity contribution in [3.05, 3.63) is 62.7 Å². The molecule has 7 aliphatic rings. The van der Waals surface area contributed by atoms with E-state index in [0.29, 0.717) is 47.9 Å². The van der Waals surface area contributed by atoms with Gasteiger partial charge in [-0.3, -0.25) is 15.1 Å². The second-order valence-corrected chi connectivity index (χ2v) is 15.7. The molecular formula is C38H43N3O10S. The molecule has 7 aliphatic heterocycles. The zero-order chi connectivity index (χ0) is 36.4. The normalized spacial score (nSPS) is 30.2. The first-order chi connectivity index (χ1) is 25.1. The highest BCUT2D eigenvalue weighted by atomic mass is 32.2. The lowest BCUT2D eigenvalue weighted by molar-refractivity contribution is -0.186. The fourth-order valence-electron chi connectivity index (χ4n) is 9.98. The maximum atomic E-state index is 14.6. The third kappa shape index (κ3) is 4.35. The van der Waals surface area contributed by atoms with E-state index < -0.39 is 41.1 Å². The van der Waals surface area contributed by atoms with E-state index in [1.165, 1.54) is 7.11 Å². The maximum absolute atomic E-state index is 14.6. The number of hydrogen-bond donors (Lipinski definition) is 4. The molecule has 0 radical (unpaired) electrons. The van der Waals surface area contributed by atoms with Crippen molar-refractivity contribution in [1.29, 1.82) is 0 Å². The van der Waals surface area contributed by atoms with Gasteiger partial charge in [0.05, 0.1) is 44.7 Å². The molecule has 14 heteroatoms. The van der Waals surface area contributed by atoms with Gasteiger partial charge in [0.15, 0.2) is 40.0 Å². The van der Waals surface area contributed by atoms with Gasteiger partial charge in [0, 0.05) is 40.6 Å². The van der Waals surface area contributed by atoms with Crippen molar-refractivity contribution in [2.45, 2.75) is 67.9 Å². The number of likely N-dealkylation sites (N-methyl/N-ethyl adjacent to an activating group) is 1. The number of aromatic hydroxyl groups is 2. The zero-order valence-electron chi connectivity index (χ0n) is 29.9. The lowest BCUT2D eigenvalue weighted by Crippen LogP contribution is -2.70. The molecule has 7 heterocycles. The number of rotatable bonds is 3. The van der Waals surface area contributed by atoms with Crippen molar-refractivity contribution in [3.8, 4) is 40.2 Å². The first-order valence-electron chi connectivity index (χ1n) is 17.6. The molecule has 1 unspecified atom stereocenters. The summed E-state index contributed by atoms with van der Waals surface area (Å²) in [5.74, 6) is 2.34. The molecule has 13 nitrogen and oxygen atoms in total. The topological polar surface area (TPSA) is 152 Å². The van der Waals surface area contributed by atoms with Gasteiger partial charge in [0.25, 0.3) is 0 Å². The maximum Gasteiger partial charge on any atom is 0.331 e. The van der Waals surface area contributed by atoms with E-state index in [0.717, 1.165) is 38.9 Å². The van der Waals surface area contributed by atoms with Gasteiger partial charge in [0.2, 0.25) is 6.79 Å². The van der Waals surface area contributed by atoms with Gasteiger partial charge >= 0.3 is 5.97 Å². The summed E-state index contributed by atoms with van der Waals surface area (Å²) in [5, 5.41) is 38.3. The molecule has 4 N–H and O–H groups in total. The van der Waals surface area contributed by atoms with E-state index in [1.807, 2.05) is 20.9 Å². The van der Waals surface area contributed by atoms with Crippen molar-refractivity contribution in [3.63, 3.8) is 0 Å². The summed E-state index contributed by atoms with van der Waals surface area (Å²) in [4.78, 5) is 18.9. The van der Waals surface area contributed by atoms with Crippen LogP contribution in [-0.2, 0) is 27.9 Å². The van der Waals surface area contributed by atoms with Crippen LogP contribution in [0.1, 0.15) is 61.8 Å². The minimum Gasteiger partial charge on any atom is -0.504 e. The number of carbonyl (C=O) groups excluding carboxylic acids is 1. The standard InChI is InChI=1S/C38H43N3O10S/c1-16-9-19-10-21-36(44)41-22-13-49-37(45)38(20-12-24(46-4)23(42)11-18(20)7-8-39-38)14-52-35(29(41)28(40(21)3)25(19)30(43)31(16)47-5)27-26(22)34-33(50-15-51-34)17(2)32(27)48-6/h9,11-12,21-22,28-29,35-36,39,42-44H,7-8,10,13-15H2,1-6H3/t21-,22-,28-,29?,35-,36+,38-/m1/s1. The second-order valence-electron chi connectivity index (χ2n) is 14.5. The third-order valence-electron chi connectivity index (χ3n) is 12.2. The Morgan fingerprint density at radius 1 is 0.962 bits per heavy atom. The number of methoxy groups -OCH3 is 3. The van der Waals surface area contributed by atoms with Crippen LogP contribution in [-0.4, -0.2) is 103 Å². The highest BCUT2D eigenvalue weighted by Crippen LogP contribution is 2.64. The number of aliphatic hydroxyl groups excluding tert-OH is 1. The van der Waals surface area contributed by atoms with Gasteiger partial charge < -0.3 is 43.7 Å². The van der Waals surface area contributed by atoms with Gasteiger partial charge in [0.1, 0.15) is 18.6 Å². The summed E-state index contributed by atoms with van der Waals surface area (Å²) in [6, 6.07) is 3.63. The predicted octanol–water partition coefficient (Wildman–Crippen LogP) is 3.50. The first-order valence-corrected chi connectivity index (χ1v) is 18.6. The molecule has 1 spiro atoms. The molecule has 7 atom stereocenters. The number of piperazine rings is 1. The minimum atomic E-state index is -1.28. The Hall–Kier alpha value is -4.08. The predicted molar refractivity (Wildman–Crippen MR) is 190 cm³/mol. The monoisotopic (exact) mass is 733 g/mol. The molecule has 0 aliphatic carbocycles. The van der Waals surface area contributed by atoms with Crippen LogP contribution in [0.25, 0.3) is 0 Å². The Morgan fingerprint density at radius 3 is 2.48 bits per heavy atom. The fourth-order valence-corrected chi connectivity index (χ4v) is 11.7. The number of hydrogen-bond acceptors (Lipinski definition) is 14. The van der Waals surface area contributed by atoms with Crippen LogP contribution in [0.3, 0.4) is 0 Å². The van der Waals surface area contributed by atoms with Gasteiger partial charge in [-0.25, -0.2) is 4.79 Å². The molecule has 2 saturated heterocycles. The van der Waals surface area contributed by atoms with Crippen molar-refractivity contribution in [2.75, 3.05) is 54.1 Å². The number of carbonyl (C=O) groups is 1. The average molecular weight is 734 g/mol. The van der Waals surface area contributed by atoms with Crippen molar-refractivity contribution < 1.29 is 48.5 Å². The van der Waals surface area contributed by atoms with Gasteiger partial charge in [-0.2, -0.15) is 0 Å². The van der Waals surface area contributed by atoms with Crippen molar-refractivity contribution in [2.24, 2.45) is 0 Å². The number of aliphatic hydroxyl groups is 1. The van der Waals surface area contributed by atoms with E-state index in [-0.39, 0.29) is 42.4 Å². The number of phenols is 2. The van der Waals surface area contributed by atoms with Gasteiger partial charge in [-0.05, 0) is 68.1 Å². The number of thioether (sulfide) groups is 1. The van der Waals surface area contributed by atoms with E-state index in [1.54, 1.807) is 38.1 Å². The molecule has 0 saturated carbocycles. The van der Waals surface area contributed by atoms with Crippen LogP contribution >= 0.6 is 11.8 Å². The summed E-state index contributed by atoms with van der Waals surface area (Å²) < 4.78 is 36.2. The number of phenolic OH excluding ortho intramolecular Hbond substituents is 2. The molecule has 52 heavy (non-hydrogen) atoms. The molecule has 0 amide bonds. The molecule has 2 fully saturated rings. The van der Waals surface area contributed by atoms with Crippen LogP contribution in [0.15, 0.2) is 18.2 Å². The Bertz CT molecular complexity index is 2030. The Labute approximate surface area is 305 Å². The van der Waals surface area contributed by atoms with Crippen molar-refractivity contribution >= 4 is 17.7 Å². The van der Waals surface area contributed by atoms with Crippen LogP contribution in [0.4, 0.5) is 0 Å². The largest absolute Gasteiger partial charge is 0.504 e. The average Bonchev–Trinajstić information content (AvgIpc) is 3.62. The van der Waals surface area contributed by atoms with Gasteiger partial charge in [-0.1, -0.05) is 6.07 Å². The van der Waals surface area contributed by atoms with E-state index in [2.05, 4.69) is 21.2 Å². The number of aryl methyl sites for hydroxylation is 1. The second kappa shape index (κ2) is 12.0. The van der Waals surface area contributed by atoms with E-state index in [4.69, 9.17) is 28.4 Å². The zero-order valence-corrected chi connectivity index (χ0v) is 30.8. The molecule has 10 rings (SSSR count). The number of ether oxygens (including phenoxy) is 6. The smallest absolute Gasteiger partial charge is 0.331 e. The molecule has 0 aromatic heterocycles. The van der Waals surface area contributed by atoms with Crippen LogP contribution in [0, 0.1) is 13.8 Å². The molecule has 4 bridgehead atoms. The lowest BCUT2D eigenvalue weighted by atomic mass is 9.73. The number of esters is 1. The highest BCUT2D eigenvalue weighted by molar-refractivity contribution is 7.99. The van der Waals surface area contributed by atoms with E-state index in [9.17, 15) is 20.1 Å². The minimum absolute atomic E-state index is 0.00863. The van der Waals surface area contributed by atoms with E-state index >= 15 is 0 Å². The molecule has 3 aromatic rings. The van der Waals surface area contributed by atoms with Crippen LogP contribution < -0.4 is 29.0 Å². The number of benzene rings is 3. The molecule has 276 valence electrons. The molecular weight excluding hydrogens is 690 g/mol. The number of nitrogens with zero attached hydrogens (tertiary/aromatic N) is 2. The lowest BCUT2D eigenvalue weighted by Gasteiger charge is -2.62. The third-order valence-corrected chi connectivity index (χ3v) is 13.7. The van der Waals surface area contributed by atoms with Crippen LogP contribution in [0.5, 0.6) is 40.2 Å². The van der Waals surface area contributed by atoms with Crippen LogP contribution in [0.2, 0.25) is 0 Å². The molecule has 3 aromatic carbocycles. The van der Waals surface area contributed by atoms with Gasteiger partial charge in [-0.15, -0.1) is 11.8 Å². The summed E-state index contributed by atoms with van der Waals surface area (Å²) in [5.41, 5.74) is 5.24. The fraction of sp³-hybridized carbons (Fsp3) is 0.500. The Morgan fingerprint density at radius 2 is 1.73 bits per heavy atom. The summed E-state index contributed by atoms with van der Waals surface area (Å²) in [6.45, 7) is 4.28. The highest BCUT2D eigenvalue weighted by Gasteiger charge is 2.61. The summed E-state index contributed by atoms with van der Waals surface area (Å²) >= 11 is 1.57. The number of nitrogens with one attached hydrogen (secondary N) is 1. The summed E-state index contributed by atoms with van der Waals surface area (Å²) in [6.07, 6.45) is 0.130. The Balaban J connectivity index is 1.31. The summed E-state index contributed by atoms with van der Waals surface area (Å²) in [7, 11) is 6.70. The SMILES string of the molecule is COc1cc2c(cc1O)CCN[C@]21CS[C@@H]2c3c(OC)c(C)c4c(c3[C@@H](COC1=O)N1C2[C@H]2c3c(cc(C)c(OC)c3O)C[C@H]([C@@H]1O)N2C)OCO4. The first kappa shape index (κ1) is 33.7. The quantitative estimate of drug-likeness (QED) is 0.291. The van der Waals surface area contributed by atoms with Crippen molar-refractivity contribution in [1.82, 2.24) is 15.1 Å². The Kier molecular flexibility index (Phi) is 7.76.